The van der Waals surface area contributed by atoms with E-state index in [1.807, 2.05) is 19.2 Å². The van der Waals surface area contributed by atoms with Crippen LogP contribution in [0.15, 0.2) is 58.1 Å². The Kier molecular flexibility index (Phi) is 11.4. The Hall–Kier alpha value is -1.58. The summed E-state index contributed by atoms with van der Waals surface area (Å²) in [5.74, 6) is 2.50. The maximum Gasteiger partial charge on any atom is 0.193 e. The lowest BCUT2D eigenvalue weighted by atomic mass is 10.1. The molecule has 6 nitrogen and oxygen atoms in total. The van der Waals surface area contributed by atoms with E-state index in [-0.39, 0.29) is 30.0 Å². The van der Waals surface area contributed by atoms with Crippen molar-refractivity contribution in [2.24, 2.45) is 10.9 Å². The number of ether oxygens (including phenoxy) is 1. The number of furan rings is 1. The molecule has 2 aromatic rings. The van der Waals surface area contributed by atoms with Crippen molar-refractivity contribution in [3.63, 3.8) is 0 Å². The van der Waals surface area contributed by atoms with Crippen LogP contribution in [0.3, 0.4) is 0 Å². The van der Waals surface area contributed by atoms with Gasteiger partial charge < -0.3 is 19.4 Å². The fourth-order valence-electron chi connectivity index (χ4n) is 4.15. The van der Waals surface area contributed by atoms with Crippen molar-refractivity contribution in [2.45, 2.75) is 32.9 Å². The first-order chi connectivity index (χ1) is 14.7. The average Bonchev–Trinajstić information content (AvgIpc) is 3.47. The SMILES string of the molecule is CCN(CC)C(CNC(=NC)N1CCC(COCc2ccccc2)C1)c1ccco1.I. The second kappa shape index (κ2) is 13.8. The van der Waals surface area contributed by atoms with E-state index in [1.54, 1.807) is 6.26 Å². The van der Waals surface area contributed by atoms with Crippen LogP contribution < -0.4 is 5.32 Å². The van der Waals surface area contributed by atoms with Gasteiger partial charge >= 0.3 is 0 Å². The molecule has 2 unspecified atom stereocenters. The van der Waals surface area contributed by atoms with Gasteiger partial charge in [-0.2, -0.15) is 0 Å². The number of halogens is 1. The van der Waals surface area contributed by atoms with Gasteiger partial charge in [0.15, 0.2) is 5.96 Å². The van der Waals surface area contributed by atoms with Gasteiger partial charge in [0.05, 0.1) is 25.5 Å². The summed E-state index contributed by atoms with van der Waals surface area (Å²) in [5.41, 5.74) is 1.23. The molecule has 0 radical (unpaired) electrons. The Balaban J connectivity index is 0.00000341. The van der Waals surface area contributed by atoms with Crippen molar-refractivity contribution in [1.82, 2.24) is 15.1 Å². The fourth-order valence-corrected chi connectivity index (χ4v) is 4.15. The van der Waals surface area contributed by atoms with Crippen LogP contribution in [0, 0.1) is 5.92 Å². The third-order valence-corrected chi connectivity index (χ3v) is 5.84. The van der Waals surface area contributed by atoms with E-state index in [2.05, 4.69) is 64.3 Å². The van der Waals surface area contributed by atoms with Crippen molar-refractivity contribution in [3.05, 3.63) is 60.1 Å². The van der Waals surface area contributed by atoms with Crippen LogP contribution in [0.4, 0.5) is 0 Å². The number of aliphatic imine (C=N–C) groups is 1. The molecule has 2 heterocycles. The number of guanidine groups is 1. The molecule has 172 valence electrons. The molecular weight excluding hydrogens is 503 g/mol. The number of rotatable bonds is 10. The summed E-state index contributed by atoms with van der Waals surface area (Å²) in [7, 11) is 1.86. The molecule has 7 heteroatoms. The zero-order valence-corrected chi connectivity index (χ0v) is 21.3. The highest BCUT2D eigenvalue weighted by atomic mass is 127. The zero-order valence-electron chi connectivity index (χ0n) is 19.0. The van der Waals surface area contributed by atoms with Crippen LogP contribution in [-0.2, 0) is 11.3 Å². The number of hydrogen-bond donors (Lipinski definition) is 1. The molecule has 3 rings (SSSR count). The van der Waals surface area contributed by atoms with E-state index in [1.165, 1.54) is 5.56 Å². The summed E-state index contributed by atoms with van der Waals surface area (Å²) in [6, 6.07) is 14.6. The van der Waals surface area contributed by atoms with Crippen LogP contribution in [0.5, 0.6) is 0 Å². The van der Waals surface area contributed by atoms with Crippen LogP contribution in [-0.4, -0.2) is 62.1 Å². The number of nitrogens with zero attached hydrogens (tertiary/aromatic N) is 3. The summed E-state index contributed by atoms with van der Waals surface area (Å²) >= 11 is 0. The monoisotopic (exact) mass is 540 g/mol. The molecule has 0 bridgehead atoms. The number of likely N-dealkylation sites (N-methyl/N-ethyl adjacent to an activating group) is 1. The normalized spacial score (nSPS) is 17.6. The maximum absolute atomic E-state index is 5.97. The number of likely N-dealkylation sites (tertiary alicyclic amines) is 1. The zero-order chi connectivity index (χ0) is 21.2. The van der Waals surface area contributed by atoms with Gasteiger partial charge in [0, 0.05) is 32.6 Å². The lowest BCUT2D eigenvalue weighted by molar-refractivity contribution is 0.0906. The smallest absolute Gasteiger partial charge is 0.193 e. The number of nitrogens with one attached hydrogen (secondary N) is 1. The first-order valence-electron chi connectivity index (χ1n) is 11.1. The Morgan fingerprint density at radius 1 is 1.23 bits per heavy atom. The van der Waals surface area contributed by atoms with Crippen molar-refractivity contribution < 1.29 is 9.15 Å². The molecule has 0 saturated carbocycles. The Morgan fingerprint density at radius 3 is 2.65 bits per heavy atom. The quantitative estimate of drug-likeness (QED) is 0.275. The predicted octanol–water partition coefficient (Wildman–Crippen LogP) is 4.39. The predicted molar refractivity (Wildman–Crippen MR) is 137 cm³/mol. The molecule has 1 N–H and O–H groups in total. The van der Waals surface area contributed by atoms with Crippen molar-refractivity contribution in [1.29, 1.82) is 0 Å². The van der Waals surface area contributed by atoms with Gasteiger partial charge in [0.25, 0.3) is 0 Å². The van der Waals surface area contributed by atoms with E-state index in [0.717, 1.165) is 57.5 Å². The number of hydrogen-bond acceptors (Lipinski definition) is 4. The van der Waals surface area contributed by atoms with Gasteiger partial charge in [-0.25, -0.2) is 0 Å². The second-order valence-corrected chi connectivity index (χ2v) is 7.78. The summed E-state index contributed by atoms with van der Waals surface area (Å²) < 4.78 is 11.7. The standard InChI is InChI=1S/C24H36N4O2.HI/c1-4-27(5-2)22(23-12-9-15-30-23)16-26-24(25-3)28-14-13-21(17-28)19-29-18-20-10-7-6-8-11-20;/h6-12,15,21-22H,4-5,13-14,16-19H2,1-3H3,(H,25,26);1H. The third-order valence-electron chi connectivity index (χ3n) is 5.84. The van der Waals surface area contributed by atoms with Gasteiger partial charge in [-0.05, 0) is 37.2 Å². The summed E-state index contributed by atoms with van der Waals surface area (Å²) in [6.07, 6.45) is 2.88. The van der Waals surface area contributed by atoms with Crippen LogP contribution in [0.2, 0.25) is 0 Å². The highest BCUT2D eigenvalue weighted by Crippen LogP contribution is 2.21. The van der Waals surface area contributed by atoms with E-state index in [4.69, 9.17) is 9.15 Å². The van der Waals surface area contributed by atoms with Crippen molar-refractivity contribution in [3.8, 4) is 0 Å². The molecule has 2 atom stereocenters. The van der Waals surface area contributed by atoms with E-state index in [0.29, 0.717) is 12.5 Å². The number of benzene rings is 1. The Bertz CT molecular complexity index is 750. The molecular formula is C24H37IN4O2. The first-order valence-corrected chi connectivity index (χ1v) is 11.1. The van der Waals surface area contributed by atoms with E-state index in [9.17, 15) is 0 Å². The van der Waals surface area contributed by atoms with Crippen LogP contribution >= 0.6 is 24.0 Å². The first kappa shape index (κ1) is 25.7. The lowest BCUT2D eigenvalue weighted by Gasteiger charge is -2.30. The van der Waals surface area contributed by atoms with Crippen molar-refractivity contribution >= 4 is 29.9 Å². The summed E-state index contributed by atoms with van der Waals surface area (Å²) in [4.78, 5) is 9.29. The van der Waals surface area contributed by atoms with Gasteiger partial charge in [-0.1, -0.05) is 44.2 Å². The maximum atomic E-state index is 5.97. The highest BCUT2D eigenvalue weighted by Gasteiger charge is 2.27. The summed E-state index contributed by atoms with van der Waals surface area (Å²) in [6.45, 7) is 10.6. The lowest BCUT2D eigenvalue weighted by Crippen LogP contribution is -2.44. The van der Waals surface area contributed by atoms with E-state index >= 15 is 0 Å². The summed E-state index contributed by atoms with van der Waals surface area (Å²) in [5, 5.41) is 3.58. The average molecular weight is 540 g/mol. The van der Waals surface area contributed by atoms with Crippen LogP contribution in [0.1, 0.15) is 37.6 Å². The second-order valence-electron chi connectivity index (χ2n) is 7.78. The highest BCUT2D eigenvalue weighted by molar-refractivity contribution is 14.0. The molecule has 1 saturated heterocycles. The Morgan fingerprint density at radius 2 is 2.00 bits per heavy atom. The largest absolute Gasteiger partial charge is 0.468 e. The third kappa shape index (κ3) is 7.50. The molecule has 31 heavy (non-hydrogen) atoms. The van der Waals surface area contributed by atoms with Gasteiger partial charge in [0.2, 0.25) is 0 Å². The molecule has 1 aliphatic heterocycles. The molecule has 1 fully saturated rings. The Labute approximate surface area is 204 Å². The molecule has 1 aromatic heterocycles. The minimum absolute atomic E-state index is 0. The fraction of sp³-hybridized carbons (Fsp3) is 0.542. The molecule has 1 aromatic carbocycles. The van der Waals surface area contributed by atoms with Gasteiger partial charge in [-0.15, -0.1) is 24.0 Å². The minimum Gasteiger partial charge on any atom is -0.468 e. The molecule has 0 amide bonds. The van der Waals surface area contributed by atoms with Crippen molar-refractivity contribution in [2.75, 3.05) is 46.4 Å². The molecule has 0 aliphatic carbocycles. The van der Waals surface area contributed by atoms with E-state index < -0.39 is 0 Å². The molecule has 1 aliphatic rings. The molecule has 0 spiro atoms. The van der Waals surface area contributed by atoms with Gasteiger partial charge in [-0.3, -0.25) is 9.89 Å². The van der Waals surface area contributed by atoms with Crippen LogP contribution in [0.25, 0.3) is 0 Å². The van der Waals surface area contributed by atoms with Gasteiger partial charge in [0.1, 0.15) is 5.76 Å². The minimum atomic E-state index is 0. The topological polar surface area (TPSA) is 53.2 Å².